The van der Waals surface area contributed by atoms with Gasteiger partial charge in [0.15, 0.2) is 0 Å². The lowest BCUT2D eigenvalue weighted by atomic mass is 9.82. The Hall–Kier alpha value is -6.56. The van der Waals surface area contributed by atoms with E-state index in [1.165, 1.54) is 65.4 Å². The monoisotopic (exact) mass is 722 g/mol. The van der Waals surface area contributed by atoms with E-state index in [1.54, 1.807) is 12.4 Å². The predicted molar refractivity (Wildman–Crippen MR) is 228 cm³/mol. The molecule has 4 nitrogen and oxygen atoms in total. The summed E-state index contributed by atoms with van der Waals surface area (Å²) < 4.78 is 2.05. The van der Waals surface area contributed by atoms with E-state index in [4.69, 9.17) is 4.98 Å². The molecule has 0 atom stereocenters. The number of fused-ring (bicyclic) bond motifs is 12. The van der Waals surface area contributed by atoms with Crippen molar-refractivity contribution in [3.63, 3.8) is 0 Å². The molecule has 0 spiro atoms. The van der Waals surface area contributed by atoms with Crippen molar-refractivity contribution < 1.29 is 0 Å². The van der Waals surface area contributed by atoms with Crippen LogP contribution in [0.15, 0.2) is 168 Å². The van der Waals surface area contributed by atoms with Gasteiger partial charge in [-0.3, -0.25) is 4.57 Å². The first-order valence-corrected chi connectivity index (χ1v) is 19.5. The summed E-state index contributed by atoms with van der Waals surface area (Å²) in [5, 5.41) is 2.19. The molecule has 1 aliphatic heterocycles. The number of pyridine rings is 1. The minimum Gasteiger partial charge on any atom is -0.262 e. The molecule has 0 saturated carbocycles. The van der Waals surface area contributed by atoms with Gasteiger partial charge in [0.25, 0.3) is 0 Å². The molecule has 0 bridgehead atoms. The third-order valence-corrected chi connectivity index (χ3v) is 12.6. The van der Waals surface area contributed by atoms with Gasteiger partial charge in [0.2, 0.25) is 5.95 Å². The van der Waals surface area contributed by atoms with Crippen LogP contribution < -0.4 is 0 Å². The van der Waals surface area contributed by atoms with Gasteiger partial charge in [-0.25, -0.2) is 15.0 Å². The molecule has 3 aromatic heterocycles. The molecule has 1 aliphatic carbocycles. The van der Waals surface area contributed by atoms with Crippen LogP contribution in [0, 0.1) is 0 Å². The van der Waals surface area contributed by atoms with Crippen LogP contribution in [0.5, 0.6) is 0 Å². The molecule has 6 aromatic carbocycles. The van der Waals surface area contributed by atoms with E-state index in [1.807, 2.05) is 30.1 Å². The van der Waals surface area contributed by atoms with Gasteiger partial charge in [0.1, 0.15) is 5.65 Å². The standard InChI is InChI=1S/C50H34N4S/c1-50(2)43-16-7-5-13-36(43)40-29-42-39-27-33(34-22-23-45-41(28-34)38-15-9-24-51-48(38)54(45)49-52-25-10-26-53-49)21-20-32(39)19-18-31-11-3-4-12-35(31)37-14-6-8-17-46(37)55-47(42)30-44(40)50/h3-30H,1-2H3/b19-18-. The number of aromatic nitrogens is 4. The summed E-state index contributed by atoms with van der Waals surface area (Å²) in [4.78, 5) is 16.5. The van der Waals surface area contributed by atoms with Crippen molar-refractivity contribution >= 4 is 45.9 Å². The van der Waals surface area contributed by atoms with Gasteiger partial charge in [-0.1, -0.05) is 123 Å². The average molecular weight is 723 g/mol. The largest absolute Gasteiger partial charge is 0.262 e. The molecule has 0 fully saturated rings. The highest BCUT2D eigenvalue weighted by Gasteiger charge is 2.36. The minimum absolute atomic E-state index is 0.112. The lowest BCUT2D eigenvalue weighted by Crippen LogP contribution is -2.15. The van der Waals surface area contributed by atoms with Crippen molar-refractivity contribution in [2.45, 2.75) is 29.1 Å². The molecule has 0 saturated heterocycles. The molecular formula is C50H34N4S. The van der Waals surface area contributed by atoms with Gasteiger partial charge < -0.3 is 0 Å². The third kappa shape index (κ3) is 4.97. The Morgan fingerprint density at radius 1 is 0.473 bits per heavy atom. The summed E-state index contributed by atoms with van der Waals surface area (Å²) in [6, 6.07) is 51.1. The summed E-state index contributed by atoms with van der Waals surface area (Å²) in [7, 11) is 0. The van der Waals surface area contributed by atoms with E-state index in [2.05, 4.69) is 168 Å². The number of hydrogen-bond donors (Lipinski definition) is 0. The molecule has 11 rings (SSSR count). The van der Waals surface area contributed by atoms with Crippen molar-refractivity contribution in [1.82, 2.24) is 19.5 Å². The van der Waals surface area contributed by atoms with E-state index in [9.17, 15) is 0 Å². The Kier molecular flexibility index (Phi) is 7.10. The second-order valence-electron chi connectivity index (χ2n) is 14.9. The van der Waals surface area contributed by atoms with Crippen LogP contribution in [0.25, 0.3) is 84.5 Å². The lowest BCUT2D eigenvalue weighted by Gasteiger charge is -2.23. The van der Waals surface area contributed by atoms with E-state index in [0.717, 1.165) is 33.1 Å². The van der Waals surface area contributed by atoms with Crippen molar-refractivity contribution in [2.24, 2.45) is 0 Å². The Morgan fingerprint density at radius 2 is 1.18 bits per heavy atom. The molecular weight excluding hydrogens is 689 g/mol. The molecule has 0 N–H and O–H groups in total. The second-order valence-corrected chi connectivity index (χ2v) is 16.0. The smallest absolute Gasteiger partial charge is 0.235 e. The van der Waals surface area contributed by atoms with Gasteiger partial charge in [-0.15, -0.1) is 0 Å². The number of nitrogens with zero attached hydrogens (tertiary/aromatic N) is 4. The van der Waals surface area contributed by atoms with Gasteiger partial charge >= 0.3 is 0 Å². The molecule has 260 valence electrons. The first kappa shape index (κ1) is 31.9. The van der Waals surface area contributed by atoms with Crippen LogP contribution in [0.4, 0.5) is 0 Å². The van der Waals surface area contributed by atoms with Gasteiger partial charge in [-0.2, -0.15) is 0 Å². The highest BCUT2D eigenvalue weighted by Crippen LogP contribution is 2.53. The van der Waals surface area contributed by atoms with E-state index in [0.29, 0.717) is 5.95 Å². The molecule has 2 aliphatic rings. The molecule has 0 unspecified atom stereocenters. The minimum atomic E-state index is -0.112. The maximum absolute atomic E-state index is 4.78. The zero-order chi connectivity index (χ0) is 36.7. The van der Waals surface area contributed by atoms with Gasteiger partial charge in [0, 0.05) is 44.6 Å². The summed E-state index contributed by atoms with van der Waals surface area (Å²) in [5.74, 6) is 0.610. The first-order valence-electron chi connectivity index (χ1n) is 18.7. The molecule has 0 amide bonds. The van der Waals surface area contributed by atoms with Crippen molar-refractivity contribution in [1.29, 1.82) is 0 Å². The third-order valence-electron chi connectivity index (χ3n) is 11.4. The fourth-order valence-electron chi connectivity index (χ4n) is 8.74. The first-order chi connectivity index (χ1) is 27.0. The van der Waals surface area contributed by atoms with E-state index < -0.39 is 0 Å². The number of benzene rings is 6. The highest BCUT2D eigenvalue weighted by molar-refractivity contribution is 7.99. The normalized spacial score (nSPS) is 14.2. The summed E-state index contributed by atoms with van der Waals surface area (Å²) in [6.07, 6.45) is 9.97. The van der Waals surface area contributed by atoms with Gasteiger partial charge in [-0.05, 0) is 121 Å². The molecule has 9 aromatic rings. The average Bonchev–Trinajstić information content (AvgIpc) is 3.67. The molecule has 0 radical (unpaired) electrons. The fraction of sp³-hybridized carbons (Fsp3) is 0.0600. The van der Waals surface area contributed by atoms with Gasteiger partial charge in [0.05, 0.1) is 5.52 Å². The molecule has 55 heavy (non-hydrogen) atoms. The van der Waals surface area contributed by atoms with Crippen LogP contribution >= 0.6 is 11.8 Å². The van der Waals surface area contributed by atoms with Crippen molar-refractivity contribution in [3.8, 4) is 50.5 Å². The summed E-state index contributed by atoms with van der Waals surface area (Å²) in [5.41, 5.74) is 16.8. The van der Waals surface area contributed by atoms with Crippen LogP contribution in [0.2, 0.25) is 0 Å². The summed E-state index contributed by atoms with van der Waals surface area (Å²) in [6.45, 7) is 4.73. The Balaban J connectivity index is 1.17. The number of hydrogen-bond acceptors (Lipinski definition) is 4. The number of rotatable bonds is 2. The Morgan fingerprint density at radius 3 is 2.05 bits per heavy atom. The zero-order valence-corrected chi connectivity index (χ0v) is 31.2. The van der Waals surface area contributed by atoms with Crippen LogP contribution in [-0.2, 0) is 5.41 Å². The van der Waals surface area contributed by atoms with Crippen LogP contribution in [0.3, 0.4) is 0 Å². The molecule has 5 heteroatoms. The topological polar surface area (TPSA) is 43.6 Å². The van der Waals surface area contributed by atoms with Crippen LogP contribution in [0.1, 0.15) is 36.1 Å². The Labute approximate surface area is 323 Å². The predicted octanol–water partition coefficient (Wildman–Crippen LogP) is 12.9. The van der Waals surface area contributed by atoms with Crippen molar-refractivity contribution in [3.05, 3.63) is 180 Å². The zero-order valence-electron chi connectivity index (χ0n) is 30.4. The van der Waals surface area contributed by atoms with Crippen LogP contribution in [-0.4, -0.2) is 19.5 Å². The maximum Gasteiger partial charge on any atom is 0.235 e. The Bertz CT molecular complexity index is 3050. The van der Waals surface area contributed by atoms with Crippen molar-refractivity contribution in [2.75, 3.05) is 0 Å². The SMILES string of the molecule is CC1(C)c2ccccc2-c2cc3c(cc21)Sc1ccccc1-c1ccccc1/C=C\c1ccc(-c2ccc4c(c2)c2cccnc2n4-c2ncccn2)cc1-3. The van der Waals surface area contributed by atoms with E-state index in [-0.39, 0.29) is 5.41 Å². The fourth-order valence-corrected chi connectivity index (χ4v) is 9.86. The van der Waals surface area contributed by atoms with E-state index >= 15 is 0 Å². The quantitative estimate of drug-likeness (QED) is 0.178. The highest BCUT2D eigenvalue weighted by atomic mass is 32.2. The molecule has 4 heterocycles. The second kappa shape index (κ2) is 12.2. The maximum atomic E-state index is 4.78. The summed E-state index contributed by atoms with van der Waals surface area (Å²) >= 11 is 1.88. The lowest BCUT2D eigenvalue weighted by molar-refractivity contribution is 0.659.